The molecule has 0 amide bonds. The summed E-state index contributed by atoms with van der Waals surface area (Å²) in [5.41, 5.74) is 2.10. The summed E-state index contributed by atoms with van der Waals surface area (Å²) in [6, 6.07) is 4.46. The molecule has 0 aliphatic rings. The van der Waals surface area contributed by atoms with Crippen molar-refractivity contribution >= 4 is 28.6 Å². The molecule has 0 aliphatic carbocycles. The molecule has 1 aromatic carbocycles. The first-order valence-electron chi connectivity index (χ1n) is 8.93. The second kappa shape index (κ2) is 8.07. The van der Waals surface area contributed by atoms with E-state index in [1.165, 1.54) is 36.3 Å². The molecule has 0 aliphatic heterocycles. The number of hydrogen-bond acceptors (Lipinski definition) is 7. The topological polar surface area (TPSA) is 97.0 Å². The van der Waals surface area contributed by atoms with Gasteiger partial charge in [-0.2, -0.15) is 15.2 Å². The number of halogens is 2. The van der Waals surface area contributed by atoms with Gasteiger partial charge in [0.15, 0.2) is 0 Å². The van der Waals surface area contributed by atoms with Crippen LogP contribution in [-0.4, -0.2) is 49.2 Å². The van der Waals surface area contributed by atoms with Gasteiger partial charge in [-0.05, 0) is 24.6 Å². The van der Waals surface area contributed by atoms with E-state index in [0.717, 1.165) is 5.56 Å². The van der Waals surface area contributed by atoms with E-state index in [9.17, 15) is 9.18 Å². The van der Waals surface area contributed by atoms with Gasteiger partial charge in [-0.15, -0.1) is 0 Å². The molecule has 0 unspecified atom stereocenters. The van der Waals surface area contributed by atoms with Gasteiger partial charge in [0, 0.05) is 6.20 Å². The van der Waals surface area contributed by atoms with Gasteiger partial charge in [-0.3, -0.25) is 4.68 Å². The van der Waals surface area contributed by atoms with E-state index in [2.05, 4.69) is 20.2 Å². The van der Waals surface area contributed by atoms with Crippen molar-refractivity contribution in [3.05, 3.63) is 58.8 Å². The van der Waals surface area contributed by atoms with Crippen molar-refractivity contribution in [1.29, 1.82) is 0 Å². The fraction of sp³-hybridized carbons (Fsp3) is 0.211. The van der Waals surface area contributed by atoms with E-state index in [1.54, 1.807) is 23.9 Å². The second-order valence-electron chi connectivity index (χ2n) is 6.21. The Morgan fingerprint density at radius 1 is 1.23 bits per heavy atom. The van der Waals surface area contributed by atoms with Crippen LogP contribution in [0.3, 0.4) is 0 Å². The normalized spacial score (nSPS) is 11.1. The molecule has 0 saturated carbocycles. The summed E-state index contributed by atoms with van der Waals surface area (Å²) in [5.74, 6) is -0.492. The largest absolute Gasteiger partial charge is 0.479 e. The van der Waals surface area contributed by atoms with Crippen molar-refractivity contribution in [2.75, 3.05) is 13.7 Å². The highest BCUT2D eigenvalue weighted by molar-refractivity contribution is 6.30. The Bertz CT molecular complexity index is 1240. The van der Waals surface area contributed by atoms with Crippen LogP contribution in [0.5, 0.6) is 5.88 Å². The number of aromatic nitrogens is 6. The molecule has 0 saturated heterocycles. The Hall–Kier alpha value is -3.53. The molecule has 0 spiro atoms. The number of benzene rings is 1. The Morgan fingerprint density at radius 3 is 2.80 bits per heavy atom. The zero-order valence-electron chi connectivity index (χ0n) is 16.0. The third-order valence-electron chi connectivity index (χ3n) is 4.25. The van der Waals surface area contributed by atoms with Gasteiger partial charge in [-0.1, -0.05) is 17.7 Å². The van der Waals surface area contributed by atoms with Crippen LogP contribution in [0.15, 0.2) is 36.8 Å². The van der Waals surface area contributed by atoms with Gasteiger partial charge in [0.1, 0.15) is 16.9 Å². The van der Waals surface area contributed by atoms with Crippen molar-refractivity contribution in [1.82, 2.24) is 29.5 Å². The van der Waals surface area contributed by atoms with Gasteiger partial charge in [0.05, 0.1) is 43.2 Å². The van der Waals surface area contributed by atoms with Gasteiger partial charge < -0.3 is 9.47 Å². The molecule has 4 aromatic rings. The third-order valence-corrected chi connectivity index (χ3v) is 4.54. The molecule has 154 valence electrons. The number of rotatable bonds is 6. The highest BCUT2D eigenvalue weighted by Gasteiger charge is 2.18. The molecule has 11 heteroatoms. The van der Waals surface area contributed by atoms with Crippen LogP contribution >= 0.6 is 11.6 Å². The zero-order chi connectivity index (χ0) is 21.3. The summed E-state index contributed by atoms with van der Waals surface area (Å²) in [7, 11) is 1.48. The minimum atomic E-state index is -0.488. The maximum Gasteiger partial charge on any atom is 0.341 e. The molecule has 0 atom stereocenters. The highest BCUT2D eigenvalue weighted by atomic mass is 35.5. The Kier molecular flexibility index (Phi) is 5.32. The van der Waals surface area contributed by atoms with Crippen LogP contribution in [0.25, 0.3) is 17.0 Å². The Morgan fingerprint density at radius 2 is 2.07 bits per heavy atom. The predicted octanol–water partition coefficient (Wildman–Crippen LogP) is 3.04. The molecule has 0 bridgehead atoms. The highest BCUT2D eigenvalue weighted by Crippen LogP contribution is 2.25. The fourth-order valence-corrected chi connectivity index (χ4v) is 3.08. The van der Waals surface area contributed by atoms with E-state index in [-0.39, 0.29) is 29.0 Å². The predicted molar refractivity (Wildman–Crippen MR) is 105 cm³/mol. The van der Waals surface area contributed by atoms with E-state index in [4.69, 9.17) is 21.1 Å². The van der Waals surface area contributed by atoms with Gasteiger partial charge in [0.25, 0.3) is 5.95 Å². The summed E-state index contributed by atoms with van der Waals surface area (Å²) < 4.78 is 26.8. The number of nitrogens with zero attached hydrogens (tertiary/aromatic N) is 6. The van der Waals surface area contributed by atoms with Crippen molar-refractivity contribution in [2.24, 2.45) is 0 Å². The molecular formula is C19H16ClFN6O3. The quantitative estimate of drug-likeness (QED) is 0.434. The smallest absolute Gasteiger partial charge is 0.341 e. The van der Waals surface area contributed by atoms with Crippen molar-refractivity contribution in [3.8, 4) is 11.8 Å². The maximum absolute atomic E-state index is 13.4. The van der Waals surface area contributed by atoms with Crippen molar-refractivity contribution < 1.29 is 18.7 Å². The van der Waals surface area contributed by atoms with E-state index >= 15 is 0 Å². The van der Waals surface area contributed by atoms with E-state index < -0.39 is 11.8 Å². The molecule has 0 fully saturated rings. The van der Waals surface area contributed by atoms with Crippen molar-refractivity contribution in [2.45, 2.75) is 13.5 Å². The first kappa shape index (κ1) is 19.8. The standard InChI is InChI=1S/C19H16ClFN6O3/c1-3-30-18(28)12-7-22-27(10-12)19-24-15-8-23-26(16(15)17(25-19)29-2)9-11-4-5-14(21)13(20)6-11/h4-8,10H,3,9H2,1-2H3. The summed E-state index contributed by atoms with van der Waals surface area (Å²) in [5, 5.41) is 8.49. The van der Waals surface area contributed by atoms with Crippen LogP contribution in [0.1, 0.15) is 22.8 Å². The molecule has 0 radical (unpaired) electrons. The maximum atomic E-state index is 13.4. The number of esters is 1. The van der Waals surface area contributed by atoms with Gasteiger partial charge in [-0.25, -0.2) is 18.9 Å². The Labute approximate surface area is 175 Å². The monoisotopic (exact) mass is 430 g/mol. The SMILES string of the molecule is CCOC(=O)c1cnn(-c2nc(OC)c3c(cnn3Cc3ccc(F)c(Cl)c3)n2)c1. The van der Waals surface area contributed by atoms with E-state index in [1.807, 2.05) is 0 Å². The van der Waals surface area contributed by atoms with E-state index in [0.29, 0.717) is 17.6 Å². The summed E-state index contributed by atoms with van der Waals surface area (Å²) in [6.45, 7) is 2.30. The lowest BCUT2D eigenvalue weighted by atomic mass is 10.2. The minimum Gasteiger partial charge on any atom is -0.479 e. The van der Waals surface area contributed by atoms with Gasteiger partial charge >= 0.3 is 5.97 Å². The summed E-state index contributed by atoms with van der Waals surface area (Å²) in [6.07, 6.45) is 4.41. The lowest BCUT2D eigenvalue weighted by Gasteiger charge is -2.09. The molecule has 4 rings (SSSR count). The minimum absolute atomic E-state index is 0.0329. The average molecular weight is 431 g/mol. The summed E-state index contributed by atoms with van der Waals surface area (Å²) in [4.78, 5) is 20.7. The van der Waals surface area contributed by atoms with Crippen LogP contribution in [-0.2, 0) is 11.3 Å². The molecule has 30 heavy (non-hydrogen) atoms. The van der Waals surface area contributed by atoms with Crippen LogP contribution in [0.4, 0.5) is 4.39 Å². The Balaban J connectivity index is 1.71. The van der Waals surface area contributed by atoms with Crippen LogP contribution in [0, 0.1) is 5.82 Å². The number of carbonyl (C=O) groups excluding carboxylic acids is 1. The molecule has 9 nitrogen and oxygen atoms in total. The number of methoxy groups -OCH3 is 1. The lowest BCUT2D eigenvalue weighted by molar-refractivity contribution is 0.0526. The molecule has 3 heterocycles. The first-order chi connectivity index (χ1) is 14.5. The fourth-order valence-electron chi connectivity index (χ4n) is 2.88. The van der Waals surface area contributed by atoms with Gasteiger partial charge in [0.2, 0.25) is 5.88 Å². The van der Waals surface area contributed by atoms with Crippen LogP contribution in [0.2, 0.25) is 5.02 Å². The third kappa shape index (κ3) is 3.69. The number of fused-ring (bicyclic) bond motifs is 1. The number of ether oxygens (including phenoxy) is 2. The molecule has 3 aromatic heterocycles. The van der Waals surface area contributed by atoms with Crippen molar-refractivity contribution in [3.63, 3.8) is 0 Å². The first-order valence-corrected chi connectivity index (χ1v) is 9.31. The number of hydrogen-bond donors (Lipinski definition) is 0. The molecule has 0 N–H and O–H groups in total. The van der Waals surface area contributed by atoms with Crippen LogP contribution < -0.4 is 4.74 Å². The number of carbonyl (C=O) groups is 1. The zero-order valence-corrected chi connectivity index (χ0v) is 16.8. The average Bonchev–Trinajstić information content (AvgIpc) is 3.38. The lowest BCUT2D eigenvalue weighted by Crippen LogP contribution is -2.07. The summed E-state index contributed by atoms with van der Waals surface area (Å²) >= 11 is 5.87. The second-order valence-corrected chi connectivity index (χ2v) is 6.62. The molecular weight excluding hydrogens is 415 g/mol.